The molecule has 1 aromatic heterocycles. The van der Waals surface area contributed by atoms with E-state index >= 15 is 0 Å². The van der Waals surface area contributed by atoms with Gasteiger partial charge < -0.3 is 4.74 Å². The number of hydrogen-bond donors (Lipinski definition) is 0. The van der Waals surface area contributed by atoms with Crippen molar-refractivity contribution in [3.63, 3.8) is 0 Å². The van der Waals surface area contributed by atoms with Gasteiger partial charge in [0, 0.05) is 18.2 Å². The summed E-state index contributed by atoms with van der Waals surface area (Å²) in [5.41, 5.74) is 4.84. The molecule has 0 fully saturated rings. The number of hydrogen-bond acceptors (Lipinski definition) is 2. The Kier molecular flexibility index (Phi) is 3.40. The summed E-state index contributed by atoms with van der Waals surface area (Å²) in [4.78, 5) is 0. The third-order valence-corrected chi connectivity index (χ3v) is 3.34. The normalized spacial score (nSPS) is 11.7. The number of aromatic nitrogens is 2. The van der Waals surface area contributed by atoms with Crippen molar-refractivity contribution >= 4 is 0 Å². The van der Waals surface area contributed by atoms with E-state index < -0.39 is 0 Å². The highest BCUT2D eigenvalue weighted by Crippen LogP contribution is 2.35. The van der Waals surface area contributed by atoms with Crippen molar-refractivity contribution in [2.24, 2.45) is 7.05 Å². The molecule has 0 aliphatic rings. The van der Waals surface area contributed by atoms with Gasteiger partial charge in [-0.1, -0.05) is 20.8 Å². The van der Waals surface area contributed by atoms with Gasteiger partial charge in [-0.2, -0.15) is 5.10 Å². The van der Waals surface area contributed by atoms with Gasteiger partial charge in [-0.05, 0) is 36.6 Å². The maximum atomic E-state index is 5.22. The Balaban J connectivity index is 2.61. The first-order chi connectivity index (χ1) is 8.84. The lowest BCUT2D eigenvalue weighted by atomic mass is 9.84. The third kappa shape index (κ3) is 2.50. The Morgan fingerprint density at radius 2 is 1.68 bits per heavy atom. The van der Waals surface area contributed by atoms with E-state index in [1.165, 1.54) is 16.8 Å². The van der Waals surface area contributed by atoms with Crippen molar-refractivity contribution in [3.8, 4) is 17.0 Å². The second-order valence-electron chi connectivity index (χ2n) is 5.91. The predicted molar refractivity (Wildman–Crippen MR) is 78.6 cm³/mol. The van der Waals surface area contributed by atoms with Crippen LogP contribution in [0.4, 0.5) is 0 Å². The van der Waals surface area contributed by atoms with Crippen LogP contribution in [0.25, 0.3) is 11.3 Å². The van der Waals surface area contributed by atoms with Crippen molar-refractivity contribution in [1.82, 2.24) is 9.78 Å². The zero-order valence-electron chi connectivity index (χ0n) is 12.6. The van der Waals surface area contributed by atoms with Crippen LogP contribution in [-0.2, 0) is 12.5 Å². The first kappa shape index (κ1) is 13.7. The van der Waals surface area contributed by atoms with E-state index in [2.05, 4.69) is 44.9 Å². The van der Waals surface area contributed by atoms with Crippen LogP contribution in [-0.4, -0.2) is 16.9 Å². The number of aryl methyl sites for hydroxylation is 2. The minimum absolute atomic E-state index is 0.0770. The molecular formula is C16H22N2O. The van der Waals surface area contributed by atoms with Gasteiger partial charge in [-0.3, -0.25) is 4.68 Å². The third-order valence-electron chi connectivity index (χ3n) is 3.34. The zero-order valence-corrected chi connectivity index (χ0v) is 12.6. The van der Waals surface area contributed by atoms with E-state index in [9.17, 15) is 0 Å². The lowest BCUT2D eigenvalue weighted by Gasteiger charge is -2.20. The molecule has 0 amide bonds. The molecule has 0 unspecified atom stereocenters. The molecule has 1 heterocycles. The van der Waals surface area contributed by atoms with Crippen LogP contribution in [0.1, 0.15) is 32.0 Å². The Labute approximate surface area is 115 Å². The second-order valence-corrected chi connectivity index (χ2v) is 5.91. The Hall–Kier alpha value is -1.77. The molecule has 0 atom stereocenters. The fourth-order valence-electron chi connectivity index (χ4n) is 2.64. The van der Waals surface area contributed by atoms with E-state index in [0.717, 1.165) is 11.4 Å². The smallest absolute Gasteiger partial charge is 0.118 e. The van der Waals surface area contributed by atoms with Crippen LogP contribution >= 0.6 is 0 Å². The summed E-state index contributed by atoms with van der Waals surface area (Å²) in [5.74, 6) is 0.875. The molecule has 0 aliphatic carbocycles. The molecule has 102 valence electrons. The SMILES string of the molecule is COc1ccc(-c2c(C(C)(C)C)c(C)nn2C)cc1. The molecule has 0 spiro atoms. The number of benzene rings is 1. The van der Waals surface area contributed by atoms with Crippen molar-refractivity contribution in [2.45, 2.75) is 33.1 Å². The van der Waals surface area contributed by atoms with Crippen LogP contribution in [0.2, 0.25) is 0 Å². The van der Waals surface area contributed by atoms with Crippen LogP contribution in [0.5, 0.6) is 5.75 Å². The minimum atomic E-state index is 0.0770. The molecule has 0 aliphatic heterocycles. The monoisotopic (exact) mass is 258 g/mol. The largest absolute Gasteiger partial charge is 0.497 e. The molecule has 0 saturated heterocycles. The summed E-state index contributed by atoms with van der Waals surface area (Å²) in [6.07, 6.45) is 0. The highest BCUT2D eigenvalue weighted by Gasteiger charge is 2.25. The van der Waals surface area contributed by atoms with Gasteiger partial charge in [-0.25, -0.2) is 0 Å². The topological polar surface area (TPSA) is 27.1 Å². The van der Waals surface area contributed by atoms with Crippen LogP contribution in [0, 0.1) is 6.92 Å². The predicted octanol–water partition coefficient (Wildman–Crippen LogP) is 3.70. The van der Waals surface area contributed by atoms with Crippen LogP contribution in [0.15, 0.2) is 24.3 Å². The molecule has 2 aromatic rings. The number of ether oxygens (including phenoxy) is 1. The van der Waals surface area contributed by atoms with E-state index in [-0.39, 0.29) is 5.41 Å². The highest BCUT2D eigenvalue weighted by atomic mass is 16.5. The fraction of sp³-hybridized carbons (Fsp3) is 0.438. The fourth-order valence-corrected chi connectivity index (χ4v) is 2.64. The van der Waals surface area contributed by atoms with Gasteiger partial charge in [0.05, 0.1) is 18.5 Å². The number of rotatable bonds is 2. The zero-order chi connectivity index (χ0) is 14.2. The standard InChI is InChI=1S/C16H22N2O/c1-11-14(16(2,3)4)15(18(5)17-11)12-7-9-13(19-6)10-8-12/h7-10H,1-6H3. The summed E-state index contributed by atoms with van der Waals surface area (Å²) in [6, 6.07) is 8.16. The molecule has 3 heteroatoms. The maximum absolute atomic E-state index is 5.22. The van der Waals surface area contributed by atoms with Crippen molar-refractivity contribution in [3.05, 3.63) is 35.5 Å². The quantitative estimate of drug-likeness (QED) is 0.821. The molecule has 0 saturated carbocycles. The number of methoxy groups -OCH3 is 1. The molecule has 0 radical (unpaired) electrons. The summed E-state index contributed by atoms with van der Waals surface area (Å²) in [5, 5.41) is 4.58. The van der Waals surface area contributed by atoms with Gasteiger partial charge in [-0.15, -0.1) is 0 Å². The first-order valence-corrected chi connectivity index (χ1v) is 6.53. The molecule has 3 nitrogen and oxygen atoms in total. The highest BCUT2D eigenvalue weighted by molar-refractivity contribution is 5.67. The Bertz CT molecular complexity index is 574. The maximum Gasteiger partial charge on any atom is 0.118 e. The average Bonchev–Trinajstić information content (AvgIpc) is 2.64. The summed E-state index contributed by atoms with van der Waals surface area (Å²) in [7, 11) is 3.69. The number of nitrogens with zero attached hydrogens (tertiary/aromatic N) is 2. The van der Waals surface area contributed by atoms with Crippen molar-refractivity contribution in [2.75, 3.05) is 7.11 Å². The van der Waals surface area contributed by atoms with Gasteiger partial charge >= 0.3 is 0 Å². The molecule has 0 bridgehead atoms. The minimum Gasteiger partial charge on any atom is -0.497 e. The van der Waals surface area contributed by atoms with E-state index in [1.54, 1.807) is 7.11 Å². The summed E-state index contributed by atoms with van der Waals surface area (Å²) < 4.78 is 7.19. The van der Waals surface area contributed by atoms with Gasteiger partial charge in [0.25, 0.3) is 0 Å². The summed E-state index contributed by atoms with van der Waals surface area (Å²) in [6.45, 7) is 8.76. The molecule has 2 rings (SSSR count). The first-order valence-electron chi connectivity index (χ1n) is 6.53. The van der Waals surface area contributed by atoms with E-state index in [0.29, 0.717) is 0 Å². The van der Waals surface area contributed by atoms with Crippen molar-refractivity contribution < 1.29 is 4.74 Å². The molecule has 1 aromatic carbocycles. The Morgan fingerprint density at radius 3 is 2.16 bits per heavy atom. The molecule has 0 N–H and O–H groups in total. The van der Waals surface area contributed by atoms with Crippen molar-refractivity contribution in [1.29, 1.82) is 0 Å². The molecular weight excluding hydrogens is 236 g/mol. The van der Waals surface area contributed by atoms with E-state index in [1.807, 2.05) is 23.9 Å². The molecule has 19 heavy (non-hydrogen) atoms. The lowest BCUT2D eigenvalue weighted by molar-refractivity contribution is 0.415. The van der Waals surface area contributed by atoms with Gasteiger partial charge in [0.15, 0.2) is 0 Å². The summed E-state index contributed by atoms with van der Waals surface area (Å²) >= 11 is 0. The Morgan fingerprint density at radius 1 is 1.11 bits per heavy atom. The van der Waals surface area contributed by atoms with Crippen LogP contribution in [0.3, 0.4) is 0 Å². The van der Waals surface area contributed by atoms with E-state index in [4.69, 9.17) is 4.74 Å². The van der Waals surface area contributed by atoms with Crippen LogP contribution < -0.4 is 4.74 Å². The average molecular weight is 258 g/mol. The second kappa shape index (κ2) is 4.72. The van der Waals surface area contributed by atoms with Gasteiger partial charge in [0.1, 0.15) is 5.75 Å². The van der Waals surface area contributed by atoms with Gasteiger partial charge in [0.2, 0.25) is 0 Å². The lowest BCUT2D eigenvalue weighted by Crippen LogP contribution is -2.13.